The molecule has 0 heterocycles. The van der Waals surface area contributed by atoms with Crippen molar-refractivity contribution in [2.45, 2.75) is 57.1 Å². The van der Waals surface area contributed by atoms with E-state index in [1.165, 1.54) is 0 Å². The lowest BCUT2D eigenvalue weighted by Crippen LogP contribution is -2.49. The van der Waals surface area contributed by atoms with Crippen molar-refractivity contribution in [1.82, 2.24) is 10.2 Å². The van der Waals surface area contributed by atoms with E-state index in [1.54, 1.807) is 23.6 Å². The normalized spacial score (nSPS) is 11.9. The maximum atomic E-state index is 13.0. The molecule has 0 aliphatic heterocycles. The number of nitrogens with one attached hydrogen (secondary N) is 1. The van der Waals surface area contributed by atoms with Crippen molar-refractivity contribution in [1.29, 1.82) is 0 Å². The van der Waals surface area contributed by atoms with E-state index in [2.05, 4.69) is 21.2 Å². The molecule has 0 bridgehead atoms. The van der Waals surface area contributed by atoms with Gasteiger partial charge in [-0.1, -0.05) is 39.7 Å². The molecular weight excluding hydrogens is 484 g/mol. The van der Waals surface area contributed by atoms with Crippen molar-refractivity contribution in [3.63, 3.8) is 0 Å². The maximum Gasteiger partial charge on any atom is 0.242 e. The fourth-order valence-electron chi connectivity index (χ4n) is 2.86. The molecule has 0 saturated carbocycles. The van der Waals surface area contributed by atoms with Crippen LogP contribution in [-0.4, -0.2) is 34.6 Å². The van der Waals surface area contributed by atoms with Crippen LogP contribution >= 0.6 is 39.3 Å². The number of benzene rings is 2. The minimum absolute atomic E-state index is 0.0129. The summed E-state index contributed by atoms with van der Waals surface area (Å²) in [7, 11) is 0. The Hall–Kier alpha value is -1.50. The fraction of sp³-hybridized carbons (Fsp3) is 0.391. The topological polar surface area (TPSA) is 49.4 Å². The molecule has 0 aromatic heterocycles. The molecule has 0 unspecified atom stereocenters. The van der Waals surface area contributed by atoms with E-state index >= 15 is 0 Å². The van der Waals surface area contributed by atoms with Gasteiger partial charge >= 0.3 is 0 Å². The quantitative estimate of drug-likeness (QED) is 0.318. The van der Waals surface area contributed by atoms with E-state index in [0.29, 0.717) is 18.0 Å². The third-order valence-electron chi connectivity index (χ3n) is 4.48. The minimum Gasteiger partial charge on any atom is -0.352 e. The van der Waals surface area contributed by atoms with Crippen molar-refractivity contribution < 1.29 is 9.59 Å². The Bertz CT molecular complexity index is 828. The molecule has 2 rings (SSSR count). The highest BCUT2D eigenvalue weighted by Crippen LogP contribution is 2.22. The second-order valence-corrected chi connectivity index (χ2v) is 9.91. The van der Waals surface area contributed by atoms with E-state index in [1.807, 2.05) is 62.4 Å². The first-order valence-corrected chi connectivity index (χ1v) is 12.1. The second-order valence-electron chi connectivity index (χ2n) is 7.39. The molecule has 162 valence electrons. The Morgan fingerprint density at radius 1 is 1.07 bits per heavy atom. The van der Waals surface area contributed by atoms with Gasteiger partial charge in [-0.15, -0.1) is 11.8 Å². The van der Waals surface area contributed by atoms with Crippen molar-refractivity contribution in [3.8, 4) is 0 Å². The number of amides is 2. The summed E-state index contributed by atoms with van der Waals surface area (Å²) in [5.74, 6) is 0.679. The zero-order valence-corrected chi connectivity index (χ0v) is 20.7. The van der Waals surface area contributed by atoms with Crippen molar-refractivity contribution in [3.05, 3.63) is 63.6 Å². The summed E-state index contributed by atoms with van der Waals surface area (Å²) in [6, 6.07) is 15.0. The molecule has 0 saturated heterocycles. The number of nitrogens with zero attached hydrogens (tertiary/aromatic N) is 1. The summed E-state index contributed by atoms with van der Waals surface area (Å²) in [6.45, 7) is 6.03. The summed E-state index contributed by atoms with van der Waals surface area (Å²) in [5, 5.41) is 3.63. The number of carbonyl (C=O) groups is 2. The molecule has 0 fully saturated rings. The lowest BCUT2D eigenvalue weighted by atomic mass is 10.1. The molecule has 0 spiro atoms. The Kier molecular flexibility index (Phi) is 10.2. The maximum absolute atomic E-state index is 13.0. The fourth-order valence-corrected chi connectivity index (χ4v) is 4.11. The lowest BCUT2D eigenvalue weighted by Gasteiger charge is -2.29. The molecule has 2 aromatic rings. The molecule has 0 aliphatic carbocycles. The van der Waals surface area contributed by atoms with Gasteiger partial charge in [0.2, 0.25) is 11.8 Å². The number of carbonyl (C=O) groups excluding carboxylic acids is 2. The summed E-state index contributed by atoms with van der Waals surface area (Å²) >= 11 is 11.0. The smallest absolute Gasteiger partial charge is 0.242 e. The van der Waals surface area contributed by atoms with Crippen LogP contribution in [0.3, 0.4) is 0 Å². The van der Waals surface area contributed by atoms with Gasteiger partial charge in [-0.2, -0.15) is 0 Å². The molecule has 7 heteroatoms. The summed E-state index contributed by atoms with van der Waals surface area (Å²) in [6.07, 6.45) is 1.14. The van der Waals surface area contributed by atoms with Crippen LogP contribution in [0, 0.1) is 0 Å². The highest BCUT2D eigenvalue weighted by atomic mass is 79.9. The highest BCUT2D eigenvalue weighted by molar-refractivity contribution is 9.10. The van der Waals surface area contributed by atoms with Gasteiger partial charge in [0.05, 0.1) is 0 Å². The molecule has 1 atom stereocenters. The van der Waals surface area contributed by atoms with Crippen LogP contribution in [0.1, 0.15) is 39.2 Å². The van der Waals surface area contributed by atoms with E-state index in [-0.39, 0.29) is 17.9 Å². The molecule has 30 heavy (non-hydrogen) atoms. The minimum atomic E-state index is -0.535. The van der Waals surface area contributed by atoms with Gasteiger partial charge in [-0.25, -0.2) is 0 Å². The van der Waals surface area contributed by atoms with E-state index in [9.17, 15) is 9.59 Å². The molecule has 0 radical (unpaired) electrons. The van der Waals surface area contributed by atoms with Crippen molar-refractivity contribution in [2.24, 2.45) is 0 Å². The summed E-state index contributed by atoms with van der Waals surface area (Å²) in [4.78, 5) is 28.4. The van der Waals surface area contributed by atoms with Gasteiger partial charge in [-0.3, -0.25) is 9.59 Å². The standard InChI is InChI=1S/C23H28BrClN2O2S/c1-16(2)26-23(29)17(3)27(15-18-6-8-19(24)9-7-18)22(28)5-4-14-30-21-12-10-20(25)11-13-21/h6-13,16-17H,4-5,14-15H2,1-3H3,(H,26,29)/t17-/m0/s1. The molecule has 2 amide bonds. The first-order chi connectivity index (χ1) is 14.3. The number of rotatable bonds is 10. The number of hydrogen-bond donors (Lipinski definition) is 1. The van der Waals surface area contributed by atoms with Crippen LogP contribution in [0.2, 0.25) is 5.02 Å². The molecule has 4 nitrogen and oxygen atoms in total. The predicted octanol–water partition coefficient (Wildman–Crippen LogP) is 5.92. The highest BCUT2D eigenvalue weighted by Gasteiger charge is 2.26. The Labute approximate surface area is 196 Å². The van der Waals surface area contributed by atoms with Crippen molar-refractivity contribution >= 4 is 51.1 Å². The van der Waals surface area contributed by atoms with Crippen LogP contribution < -0.4 is 5.32 Å². The van der Waals surface area contributed by atoms with Crippen LogP contribution in [0.4, 0.5) is 0 Å². The zero-order valence-electron chi connectivity index (χ0n) is 17.5. The van der Waals surface area contributed by atoms with E-state index < -0.39 is 6.04 Å². The van der Waals surface area contributed by atoms with E-state index in [4.69, 9.17) is 11.6 Å². The van der Waals surface area contributed by atoms with Crippen molar-refractivity contribution in [2.75, 3.05) is 5.75 Å². The SMILES string of the molecule is CC(C)NC(=O)[C@H](C)N(Cc1ccc(Br)cc1)C(=O)CCCSc1ccc(Cl)cc1. The first-order valence-electron chi connectivity index (χ1n) is 9.99. The third-order valence-corrected chi connectivity index (χ3v) is 6.36. The third kappa shape index (κ3) is 8.32. The van der Waals surface area contributed by atoms with E-state index in [0.717, 1.165) is 27.1 Å². The Morgan fingerprint density at radius 3 is 2.30 bits per heavy atom. The van der Waals surface area contributed by atoms with Gasteiger partial charge in [0, 0.05) is 33.4 Å². The number of halogens is 2. The predicted molar refractivity (Wildman–Crippen MR) is 129 cm³/mol. The Balaban J connectivity index is 1.98. The molecule has 1 N–H and O–H groups in total. The van der Waals surface area contributed by atoms with Crippen LogP contribution in [0.5, 0.6) is 0 Å². The van der Waals surface area contributed by atoms with Gasteiger partial charge in [0.25, 0.3) is 0 Å². The second kappa shape index (κ2) is 12.4. The Morgan fingerprint density at radius 2 is 1.70 bits per heavy atom. The van der Waals surface area contributed by atoms with Gasteiger partial charge in [-0.05, 0) is 74.9 Å². The number of thioether (sulfide) groups is 1. The monoisotopic (exact) mass is 510 g/mol. The van der Waals surface area contributed by atoms with Gasteiger partial charge in [0.1, 0.15) is 6.04 Å². The largest absolute Gasteiger partial charge is 0.352 e. The first kappa shape index (κ1) is 24.8. The molecule has 2 aromatic carbocycles. The number of hydrogen-bond acceptors (Lipinski definition) is 3. The molecule has 0 aliphatic rings. The average Bonchev–Trinajstić information content (AvgIpc) is 2.71. The van der Waals surface area contributed by atoms with Crippen LogP contribution in [0.15, 0.2) is 57.9 Å². The summed E-state index contributed by atoms with van der Waals surface area (Å²) in [5.41, 5.74) is 0.992. The average molecular weight is 512 g/mol. The summed E-state index contributed by atoms with van der Waals surface area (Å²) < 4.78 is 0.981. The molecular formula is C23H28BrClN2O2S. The van der Waals surface area contributed by atoms with Gasteiger partial charge < -0.3 is 10.2 Å². The van der Waals surface area contributed by atoms with Crippen LogP contribution in [0.25, 0.3) is 0 Å². The van der Waals surface area contributed by atoms with Crippen LogP contribution in [-0.2, 0) is 16.1 Å². The zero-order chi connectivity index (χ0) is 22.1. The van der Waals surface area contributed by atoms with Gasteiger partial charge in [0.15, 0.2) is 0 Å². The lowest BCUT2D eigenvalue weighted by molar-refractivity contribution is -0.140.